The van der Waals surface area contributed by atoms with Crippen LogP contribution in [0.4, 0.5) is 20.4 Å². The smallest absolute Gasteiger partial charge is 0.394 e. The highest BCUT2D eigenvalue weighted by molar-refractivity contribution is 5.83. The van der Waals surface area contributed by atoms with Gasteiger partial charge in [-0.1, -0.05) is 20.8 Å². The monoisotopic (exact) mass is 529 g/mol. The average Bonchev–Trinajstić information content (AvgIpc) is 3.12. The fraction of sp³-hybridized carbons (Fsp3) is 0.567. The molecule has 1 aliphatic carbocycles. The highest BCUT2D eigenvalue weighted by atomic mass is 19.3. The molecular weight excluding hydrogens is 488 g/mol. The van der Waals surface area contributed by atoms with Crippen molar-refractivity contribution in [3.05, 3.63) is 42.0 Å². The van der Waals surface area contributed by atoms with Gasteiger partial charge in [-0.3, -0.25) is 0 Å². The molecule has 0 bridgehead atoms. The van der Waals surface area contributed by atoms with E-state index in [1.165, 1.54) is 18.6 Å². The number of nitrogens with one attached hydrogen (secondary N) is 1. The van der Waals surface area contributed by atoms with Crippen LogP contribution in [0.15, 0.2) is 36.4 Å². The first-order valence-electron chi connectivity index (χ1n) is 13.4. The molecule has 6 nitrogen and oxygen atoms in total. The van der Waals surface area contributed by atoms with Gasteiger partial charge in [0.25, 0.3) is 0 Å². The summed E-state index contributed by atoms with van der Waals surface area (Å²) in [6, 6.07) is 10.8. The van der Waals surface area contributed by atoms with Gasteiger partial charge in [0.1, 0.15) is 11.5 Å². The maximum Gasteiger partial charge on any atom is 0.394 e. The van der Waals surface area contributed by atoms with Gasteiger partial charge in [0.05, 0.1) is 23.7 Å². The van der Waals surface area contributed by atoms with Crippen molar-refractivity contribution in [1.29, 1.82) is 0 Å². The summed E-state index contributed by atoms with van der Waals surface area (Å²) < 4.78 is 39.3. The molecule has 0 aliphatic heterocycles. The lowest BCUT2D eigenvalue weighted by atomic mass is 9.70. The second-order valence-corrected chi connectivity index (χ2v) is 12.4. The normalized spacial score (nSPS) is 19.9. The van der Waals surface area contributed by atoms with Crippen LogP contribution < -0.4 is 14.8 Å². The molecule has 0 amide bonds. The number of fused-ring (bicyclic) bond motifs is 1. The summed E-state index contributed by atoms with van der Waals surface area (Å²) in [4.78, 5) is 5.00. The van der Waals surface area contributed by atoms with E-state index < -0.39 is 11.7 Å². The lowest BCUT2D eigenvalue weighted by Gasteiger charge is -2.40. The zero-order valence-corrected chi connectivity index (χ0v) is 23.6. The topological polar surface area (TPSA) is 68.5 Å². The molecule has 208 valence electrons. The number of imidazole rings is 1. The third-order valence-corrected chi connectivity index (χ3v) is 7.23. The van der Waals surface area contributed by atoms with Gasteiger partial charge in [0.15, 0.2) is 0 Å². The SMILES string of the molecule is COc1cc2c(cc1CCC(C)(C)O)nc(Nc1ccc(OC(C)(F)F)cc1)n2[C@H]1C[C@@H](C)CC(C)(C)C1. The van der Waals surface area contributed by atoms with E-state index in [1.807, 2.05) is 0 Å². The number of aromatic nitrogens is 2. The second-order valence-electron chi connectivity index (χ2n) is 12.4. The molecule has 1 fully saturated rings. The number of aliphatic hydroxyl groups is 1. The van der Waals surface area contributed by atoms with E-state index >= 15 is 0 Å². The molecule has 0 radical (unpaired) electrons. The Labute approximate surface area is 224 Å². The number of nitrogens with zero attached hydrogens (tertiary/aromatic N) is 2. The molecule has 1 aromatic heterocycles. The first-order valence-corrected chi connectivity index (χ1v) is 13.4. The summed E-state index contributed by atoms with van der Waals surface area (Å²) in [6.07, 6.45) is 1.24. The van der Waals surface area contributed by atoms with Crippen molar-refractivity contribution in [2.75, 3.05) is 12.4 Å². The number of anilines is 2. The Bertz CT molecular complexity index is 1260. The molecule has 8 heteroatoms. The van der Waals surface area contributed by atoms with Crippen LogP contribution in [0.1, 0.15) is 78.8 Å². The summed E-state index contributed by atoms with van der Waals surface area (Å²) >= 11 is 0. The third kappa shape index (κ3) is 6.95. The zero-order valence-electron chi connectivity index (χ0n) is 23.6. The third-order valence-electron chi connectivity index (χ3n) is 7.23. The lowest BCUT2D eigenvalue weighted by molar-refractivity contribution is -0.158. The zero-order chi connectivity index (χ0) is 27.9. The van der Waals surface area contributed by atoms with Gasteiger partial charge in [-0.15, -0.1) is 0 Å². The number of halogens is 2. The van der Waals surface area contributed by atoms with Crippen LogP contribution in [-0.4, -0.2) is 33.5 Å². The van der Waals surface area contributed by atoms with E-state index in [0.29, 0.717) is 24.7 Å². The lowest BCUT2D eigenvalue weighted by Crippen LogP contribution is -2.29. The summed E-state index contributed by atoms with van der Waals surface area (Å²) in [7, 11) is 1.67. The molecule has 2 aromatic carbocycles. The molecule has 1 saturated carbocycles. The Kier molecular flexibility index (Phi) is 7.67. The van der Waals surface area contributed by atoms with Crippen molar-refractivity contribution in [3.8, 4) is 11.5 Å². The van der Waals surface area contributed by atoms with Crippen LogP contribution in [-0.2, 0) is 6.42 Å². The van der Waals surface area contributed by atoms with Crippen LogP contribution in [0.25, 0.3) is 11.0 Å². The number of ether oxygens (including phenoxy) is 2. The van der Waals surface area contributed by atoms with Crippen molar-refractivity contribution < 1.29 is 23.4 Å². The summed E-state index contributed by atoms with van der Waals surface area (Å²) in [6.45, 7) is 11.3. The van der Waals surface area contributed by atoms with Crippen LogP contribution in [0.2, 0.25) is 0 Å². The van der Waals surface area contributed by atoms with E-state index in [1.54, 1.807) is 33.1 Å². The maximum atomic E-state index is 13.3. The Morgan fingerprint density at radius 3 is 2.39 bits per heavy atom. The van der Waals surface area contributed by atoms with Crippen LogP contribution in [0, 0.1) is 11.3 Å². The number of alkyl halides is 2. The first kappa shape index (κ1) is 28.1. The average molecular weight is 530 g/mol. The Morgan fingerprint density at radius 1 is 1.13 bits per heavy atom. The maximum absolute atomic E-state index is 13.3. The summed E-state index contributed by atoms with van der Waals surface area (Å²) in [5, 5.41) is 13.7. The molecule has 4 rings (SSSR count). The minimum atomic E-state index is -3.24. The van der Waals surface area contributed by atoms with E-state index in [-0.39, 0.29) is 17.2 Å². The Balaban J connectivity index is 1.76. The molecule has 0 unspecified atom stereocenters. The second kappa shape index (κ2) is 10.4. The van der Waals surface area contributed by atoms with Gasteiger partial charge in [0.2, 0.25) is 5.95 Å². The van der Waals surface area contributed by atoms with Gasteiger partial charge in [-0.2, -0.15) is 8.78 Å². The highest BCUT2D eigenvalue weighted by Gasteiger charge is 2.35. The number of methoxy groups -OCH3 is 1. The molecule has 0 spiro atoms. The molecule has 38 heavy (non-hydrogen) atoms. The number of hydrogen-bond acceptors (Lipinski definition) is 5. The summed E-state index contributed by atoms with van der Waals surface area (Å²) in [5.41, 5.74) is 2.96. The summed E-state index contributed by atoms with van der Waals surface area (Å²) in [5.74, 6) is 2.14. The Hall–Kier alpha value is -2.87. The number of rotatable bonds is 9. The number of aryl methyl sites for hydroxylation is 1. The van der Waals surface area contributed by atoms with Crippen molar-refractivity contribution in [1.82, 2.24) is 9.55 Å². The van der Waals surface area contributed by atoms with Crippen molar-refractivity contribution in [2.45, 2.75) is 91.4 Å². The quantitative estimate of drug-likeness (QED) is 0.295. The fourth-order valence-electron chi connectivity index (χ4n) is 5.88. The minimum absolute atomic E-state index is 0.0978. The largest absolute Gasteiger partial charge is 0.496 e. The molecule has 2 N–H and O–H groups in total. The van der Waals surface area contributed by atoms with Crippen LogP contribution in [0.3, 0.4) is 0 Å². The molecular formula is C30H41F2N3O3. The van der Waals surface area contributed by atoms with Gasteiger partial charge in [0, 0.05) is 24.7 Å². The minimum Gasteiger partial charge on any atom is -0.496 e. The highest BCUT2D eigenvalue weighted by Crippen LogP contribution is 2.46. The van der Waals surface area contributed by atoms with Crippen molar-refractivity contribution >= 4 is 22.7 Å². The molecule has 1 heterocycles. The van der Waals surface area contributed by atoms with Crippen molar-refractivity contribution in [3.63, 3.8) is 0 Å². The van der Waals surface area contributed by atoms with Crippen LogP contribution in [0.5, 0.6) is 11.5 Å². The predicted molar refractivity (Wildman–Crippen MR) is 148 cm³/mol. The predicted octanol–water partition coefficient (Wildman–Crippen LogP) is 7.87. The fourth-order valence-corrected chi connectivity index (χ4v) is 5.88. The Morgan fingerprint density at radius 2 is 1.82 bits per heavy atom. The van der Waals surface area contributed by atoms with Gasteiger partial charge in [-0.25, -0.2) is 4.98 Å². The van der Waals surface area contributed by atoms with Gasteiger partial charge in [-0.05, 0) is 93.2 Å². The molecule has 2 atom stereocenters. The van der Waals surface area contributed by atoms with Gasteiger partial charge >= 0.3 is 6.11 Å². The van der Waals surface area contributed by atoms with E-state index in [2.05, 4.69) is 47.5 Å². The van der Waals surface area contributed by atoms with E-state index in [9.17, 15) is 13.9 Å². The van der Waals surface area contributed by atoms with E-state index in [0.717, 1.165) is 47.8 Å². The number of hydrogen-bond donors (Lipinski definition) is 2. The number of benzene rings is 2. The molecule has 3 aromatic rings. The van der Waals surface area contributed by atoms with E-state index in [4.69, 9.17) is 9.72 Å². The molecule has 1 aliphatic rings. The van der Waals surface area contributed by atoms with Crippen molar-refractivity contribution in [2.24, 2.45) is 11.3 Å². The molecule has 0 saturated heterocycles. The standard InChI is InChI=1S/C30H41F2N3O3/c1-19-14-22(18-28(2,3)17-19)35-25-16-26(37-7)20(12-13-29(4,5)36)15-24(25)34-27(35)33-21-8-10-23(11-9-21)38-30(6,31)32/h8-11,15-16,19,22,36H,12-14,17-18H2,1-7H3,(H,33,34)/t19-,22+/m1/s1. The van der Waals surface area contributed by atoms with Crippen LogP contribution >= 0.6 is 0 Å². The first-order chi connectivity index (χ1) is 17.6. The van der Waals surface area contributed by atoms with Gasteiger partial charge < -0.3 is 24.5 Å².